The van der Waals surface area contributed by atoms with Gasteiger partial charge in [0.2, 0.25) is 0 Å². The van der Waals surface area contributed by atoms with Crippen molar-refractivity contribution in [2.24, 2.45) is 0 Å². The predicted octanol–water partition coefficient (Wildman–Crippen LogP) is 2.56. The van der Waals surface area contributed by atoms with Gasteiger partial charge in [0.1, 0.15) is 5.75 Å². The van der Waals surface area contributed by atoms with Crippen molar-refractivity contribution in [1.82, 2.24) is 0 Å². The van der Waals surface area contributed by atoms with E-state index in [0.29, 0.717) is 23.2 Å². The van der Waals surface area contributed by atoms with Crippen LogP contribution in [-0.4, -0.2) is 36.2 Å². The molecule has 0 aromatic heterocycles. The molecule has 0 radical (unpaired) electrons. The first-order valence-electron chi connectivity index (χ1n) is 5.26. The van der Waals surface area contributed by atoms with Gasteiger partial charge in [0, 0.05) is 17.9 Å². The van der Waals surface area contributed by atoms with Crippen LogP contribution in [0.5, 0.6) is 5.75 Å². The van der Waals surface area contributed by atoms with Crippen LogP contribution in [0.2, 0.25) is 0 Å². The average molecular weight is 255 g/mol. The number of rotatable bonds is 6. The van der Waals surface area contributed by atoms with Crippen LogP contribution in [0, 0.1) is 0 Å². The maximum absolute atomic E-state index is 11.0. The Labute approximate surface area is 105 Å². The van der Waals surface area contributed by atoms with Crippen LogP contribution in [-0.2, 0) is 0 Å². The van der Waals surface area contributed by atoms with Gasteiger partial charge in [0.05, 0.1) is 18.4 Å². The van der Waals surface area contributed by atoms with Gasteiger partial charge in [-0.15, -0.1) is 0 Å². The van der Waals surface area contributed by atoms with Crippen molar-refractivity contribution in [3.05, 3.63) is 23.8 Å². The first kappa shape index (κ1) is 13.7. The number of carboxylic acids is 1. The Morgan fingerprint density at radius 2 is 2.29 bits per heavy atom. The lowest BCUT2D eigenvalue weighted by Gasteiger charge is -2.14. The van der Waals surface area contributed by atoms with E-state index < -0.39 is 5.97 Å². The average Bonchev–Trinajstić information content (AvgIpc) is 2.35. The minimum atomic E-state index is -0.938. The van der Waals surface area contributed by atoms with Crippen LogP contribution in [0.3, 0.4) is 0 Å². The zero-order chi connectivity index (χ0) is 12.8. The molecule has 0 aliphatic carbocycles. The molecular weight excluding hydrogens is 238 g/mol. The van der Waals surface area contributed by atoms with E-state index in [1.54, 1.807) is 37.1 Å². The number of carbonyl (C=O) groups is 1. The van der Waals surface area contributed by atoms with Crippen molar-refractivity contribution < 1.29 is 14.6 Å². The van der Waals surface area contributed by atoms with E-state index in [4.69, 9.17) is 9.84 Å². The number of methoxy groups -OCH3 is 1. The zero-order valence-corrected chi connectivity index (χ0v) is 11.0. The summed E-state index contributed by atoms with van der Waals surface area (Å²) in [5, 5.41) is 12.6. The van der Waals surface area contributed by atoms with Gasteiger partial charge in [-0.25, -0.2) is 4.79 Å². The van der Waals surface area contributed by atoms with Crippen molar-refractivity contribution in [2.45, 2.75) is 12.2 Å². The molecule has 0 spiro atoms. The molecule has 1 unspecified atom stereocenters. The Balaban J connectivity index is 2.89. The number of hydrogen-bond acceptors (Lipinski definition) is 4. The second-order valence-corrected chi connectivity index (χ2v) is 4.92. The molecule has 1 aromatic carbocycles. The summed E-state index contributed by atoms with van der Waals surface area (Å²) in [7, 11) is 1.56. The van der Waals surface area contributed by atoms with Crippen LogP contribution in [0.15, 0.2) is 18.2 Å². The van der Waals surface area contributed by atoms with E-state index >= 15 is 0 Å². The number of hydrogen-bond donors (Lipinski definition) is 2. The lowest BCUT2D eigenvalue weighted by atomic mass is 10.1. The number of nitrogens with one attached hydrogen (secondary N) is 1. The molecule has 4 nitrogen and oxygen atoms in total. The minimum Gasteiger partial charge on any atom is -0.497 e. The van der Waals surface area contributed by atoms with Gasteiger partial charge in [-0.1, -0.05) is 6.92 Å². The Morgan fingerprint density at radius 3 is 2.82 bits per heavy atom. The molecule has 1 aromatic rings. The molecule has 1 rings (SSSR count). The largest absolute Gasteiger partial charge is 0.497 e. The molecule has 94 valence electrons. The molecule has 0 saturated heterocycles. The van der Waals surface area contributed by atoms with Crippen LogP contribution in [0.25, 0.3) is 0 Å². The van der Waals surface area contributed by atoms with Gasteiger partial charge >= 0.3 is 5.97 Å². The van der Waals surface area contributed by atoms with E-state index in [-0.39, 0.29) is 5.56 Å². The van der Waals surface area contributed by atoms with Crippen molar-refractivity contribution >= 4 is 23.4 Å². The lowest BCUT2D eigenvalue weighted by Crippen LogP contribution is -2.15. The fourth-order valence-corrected chi connectivity index (χ4v) is 1.57. The van der Waals surface area contributed by atoms with Gasteiger partial charge in [-0.05, 0) is 18.4 Å². The molecule has 0 amide bonds. The molecule has 17 heavy (non-hydrogen) atoms. The smallest absolute Gasteiger partial charge is 0.337 e. The third-order valence-corrected chi connectivity index (χ3v) is 3.41. The lowest BCUT2D eigenvalue weighted by molar-refractivity contribution is 0.0698. The van der Waals surface area contributed by atoms with Gasteiger partial charge < -0.3 is 15.2 Å². The highest BCUT2D eigenvalue weighted by atomic mass is 32.2. The summed E-state index contributed by atoms with van der Waals surface area (Å²) >= 11 is 1.73. The fraction of sp³-hybridized carbons (Fsp3) is 0.417. The normalized spacial score (nSPS) is 11.9. The maximum atomic E-state index is 11.0. The number of thioether (sulfide) groups is 1. The third-order valence-electron chi connectivity index (χ3n) is 2.44. The Morgan fingerprint density at radius 1 is 1.59 bits per heavy atom. The second kappa shape index (κ2) is 6.39. The Kier molecular flexibility index (Phi) is 5.15. The monoisotopic (exact) mass is 255 g/mol. The predicted molar refractivity (Wildman–Crippen MR) is 71.4 cm³/mol. The minimum absolute atomic E-state index is 0.263. The third kappa shape index (κ3) is 3.85. The summed E-state index contributed by atoms with van der Waals surface area (Å²) in [4.78, 5) is 11.0. The molecule has 0 heterocycles. The van der Waals surface area contributed by atoms with Gasteiger partial charge in [-0.3, -0.25) is 0 Å². The molecule has 0 aliphatic rings. The van der Waals surface area contributed by atoms with Gasteiger partial charge in [-0.2, -0.15) is 11.8 Å². The first-order valence-corrected chi connectivity index (χ1v) is 6.55. The highest BCUT2D eigenvalue weighted by molar-refractivity contribution is 7.99. The SMILES string of the molecule is COc1ccc(C(=O)O)c(NCC(C)SC)c1. The Hall–Kier alpha value is -1.36. The zero-order valence-electron chi connectivity index (χ0n) is 10.2. The molecular formula is C12H17NO3S. The molecule has 1 atom stereocenters. The molecule has 0 saturated carbocycles. The second-order valence-electron chi connectivity index (χ2n) is 3.64. The van der Waals surface area contributed by atoms with E-state index in [1.807, 2.05) is 6.26 Å². The van der Waals surface area contributed by atoms with Crippen LogP contribution >= 0.6 is 11.8 Å². The quantitative estimate of drug-likeness (QED) is 0.818. The van der Waals surface area contributed by atoms with Crippen LogP contribution < -0.4 is 10.1 Å². The van der Waals surface area contributed by atoms with Crippen molar-refractivity contribution in [3.8, 4) is 5.75 Å². The topological polar surface area (TPSA) is 58.6 Å². The van der Waals surface area contributed by atoms with Gasteiger partial charge in [0.15, 0.2) is 0 Å². The molecule has 5 heteroatoms. The summed E-state index contributed by atoms with van der Waals surface area (Å²) in [6.07, 6.45) is 2.02. The summed E-state index contributed by atoms with van der Waals surface area (Å²) in [5.74, 6) is -0.290. The van der Waals surface area contributed by atoms with Gasteiger partial charge in [0.25, 0.3) is 0 Å². The summed E-state index contributed by atoms with van der Waals surface area (Å²) in [6, 6.07) is 4.90. The van der Waals surface area contributed by atoms with E-state index in [0.717, 1.165) is 0 Å². The van der Waals surface area contributed by atoms with Crippen LogP contribution in [0.4, 0.5) is 5.69 Å². The molecule has 2 N–H and O–H groups in total. The number of anilines is 1. The molecule has 0 aliphatic heterocycles. The number of carboxylic acid groups (broad SMARTS) is 1. The maximum Gasteiger partial charge on any atom is 0.337 e. The van der Waals surface area contributed by atoms with E-state index in [9.17, 15) is 4.79 Å². The highest BCUT2D eigenvalue weighted by Gasteiger charge is 2.11. The van der Waals surface area contributed by atoms with E-state index in [2.05, 4.69) is 12.2 Å². The Bertz CT molecular complexity index is 395. The van der Waals surface area contributed by atoms with Crippen LogP contribution in [0.1, 0.15) is 17.3 Å². The summed E-state index contributed by atoms with van der Waals surface area (Å²) in [5.41, 5.74) is 0.858. The van der Waals surface area contributed by atoms with E-state index in [1.165, 1.54) is 0 Å². The molecule has 0 fully saturated rings. The summed E-state index contributed by atoms with van der Waals surface area (Å²) < 4.78 is 5.08. The van der Waals surface area contributed by atoms with Crippen molar-refractivity contribution in [1.29, 1.82) is 0 Å². The fourth-order valence-electron chi connectivity index (χ4n) is 1.32. The molecule has 0 bridgehead atoms. The number of benzene rings is 1. The van der Waals surface area contributed by atoms with Crippen molar-refractivity contribution in [3.63, 3.8) is 0 Å². The summed E-state index contributed by atoms with van der Waals surface area (Å²) in [6.45, 7) is 2.80. The number of aromatic carboxylic acids is 1. The van der Waals surface area contributed by atoms with Crippen molar-refractivity contribution in [2.75, 3.05) is 25.2 Å². The number of ether oxygens (including phenoxy) is 1. The standard InChI is InChI=1S/C12H17NO3S/c1-8(17-3)7-13-11-6-9(16-2)4-5-10(11)12(14)15/h4-6,8,13H,7H2,1-3H3,(H,14,15). The highest BCUT2D eigenvalue weighted by Crippen LogP contribution is 2.23. The first-order chi connectivity index (χ1) is 8.08.